The van der Waals surface area contributed by atoms with E-state index in [1.165, 1.54) is 0 Å². The molecule has 0 fully saturated rings. The molecule has 1 nitrogen and oxygen atoms in total. The van der Waals surface area contributed by atoms with Gasteiger partial charge in [-0.2, -0.15) is 0 Å². The minimum absolute atomic E-state index is 0.206. The molecule has 0 saturated heterocycles. The molecule has 0 aliphatic rings. The van der Waals surface area contributed by atoms with Gasteiger partial charge in [-0.15, -0.1) is 0 Å². The van der Waals surface area contributed by atoms with Crippen LogP contribution in [0.15, 0.2) is 0 Å². The summed E-state index contributed by atoms with van der Waals surface area (Å²) >= 11 is 11.5. The molecule has 0 aliphatic carbocycles. The van der Waals surface area contributed by atoms with Crippen LogP contribution < -0.4 is 0 Å². The fourth-order valence-corrected chi connectivity index (χ4v) is 0.790. The van der Waals surface area contributed by atoms with Crippen LogP contribution in [0.4, 0.5) is 0 Å². The van der Waals surface area contributed by atoms with E-state index < -0.39 is 0 Å². The van der Waals surface area contributed by atoms with Crippen LogP contribution in [0.2, 0.25) is 0 Å². The molecule has 0 saturated carbocycles. The van der Waals surface area contributed by atoms with Gasteiger partial charge in [0.2, 0.25) is 5.24 Å². The predicted octanol–water partition coefficient (Wildman–Crippen LogP) is 2.65. The normalized spacial score (nSPS) is 10.0. The summed E-state index contributed by atoms with van der Waals surface area (Å²) in [6, 6.07) is 0. The molecule has 4 heteroatoms. The van der Waals surface area contributed by atoms with E-state index in [4.69, 9.17) is 11.6 Å². The molecule has 0 rings (SSSR count). The average Bonchev–Trinajstić information content (AvgIpc) is 1.61. The molecule has 0 aromatic heterocycles. The van der Waals surface area contributed by atoms with E-state index in [-0.39, 0.29) is 8.98 Å². The zero-order valence-corrected chi connectivity index (χ0v) is 7.96. The quantitative estimate of drug-likeness (QED) is 0.566. The Labute approximate surface area is 70.0 Å². The maximum Gasteiger partial charge on any atom is 0.221 e. The zero-order valence-electron chi connectivity index (χ0n) is 4.03. The summed E-state index contributed by atoms with van der Waals surface area (Å²) in [4.78, 5) is 10.1. The first-order chi connectivity index (χ1) is 3.63. The second-order valence-electron chi connectivity index (χ2n) is 1.28. The van der Waals surface area contributed by atoms with E-state index in [2.05, 4.69) is 31.9 Å². The fourth-order valence-electron chi connectivity index (χ4n) is 0.223. The first-order valence-electron chi connectivity index (χ1n) is 2.09. The van der Waals surface area contributed by atoms with Gasteiger partial charge in [-0.25, -0.2) is 0 Å². The molecule has 0 spiro atoms. The van der Waals surface area contributed by atoms with Crippen LogP contribution in [-0.4, -0.2) is 8.98 Å². The summed E-state index contributed by atoms with van der Waals surface area (Å²) in [5, 5.41) is -0.283. The van der Waals surface area contributed by atoms with Gasteiger partial charge in [0.05, 0.1) is 3.74 Å². The van der Waals surface area contributed by atoms with Gasteiger partial charge in [0.25, 0.3) is 0 Å². The van der Waals surface area contributed by atoms with E-state index in [0.717, 1.165) is 6.42 Å². The number of halogens is 3. The molecular weight excluding hydrogens is 259 g/mol. The highest BCUT2D eigenvalue weighted by atomic mass is 79.9. The molecule has 0 atom stereocenters. The SMILES string of the molecule is O=C(Cl)CCC(Br)Br. The Morgan fingerprint density at radius 3 is 2.25 bits per heavy atom. The Kier molecular flexibility index (Phi) is 5.31. The fraction of sp³-hybridized carbons (Fsp3) is 0.750. The predicted molar refractivity (Wildman–Crippen MR) is 41.7 cm³/mol. The Balaban J connectivity index is 3.05. The Morgan fingerprint density at radius 2 is 2.12 bits per heavy atom. The molecule has 8 heavy (non-hydrogen) atoms. The summed E-state index contributed by atoms with van der Waals surface area (Å²) in [7, 11) is 0. The molecule has 0 radical (unpaired) electrons. The minimum atomic E-state index is -0.283. The third-order valence-electron chi connectivity index (χ3n) is 0.559. The van der Waals surface area contributed by atoms with Crippen LogP contribution >= 0.6 is 43.5 Å². The van der Waals surface area contributed by atoms with Crippen LogP contribution in [0, 0.1) is 0 Å². The van der Waals surface area contributed by atoms with Crippen LogP contribution in [-0.2, 0) is 4.79 Å². The Morgan fingerprint density at radius 1 is 1.62 bits per heavy atom. The van der Waals surface area contributed by atoms with E-state index in [0.29, 0.717) is 6.42 Å². The third-order valence-corrected chi connectivity index (χ3v) is 1.66. The monoisotopic (exact) mass is 262 g/mol. The van der Waals surface area contributed by atoms with Gasteiger partial charge in [-0.05, 0) is 18.0 Å². The van der Waals surface area contributed by atoms with Crippen molar-refractivity contribution in [2.75, 3.05) is 0 Å². The van der Waals surface area contributed by atoms with Gasteiger partial charge in [-0.3, -0.25) is 4.79 Å². The molecule has 0 aliphatic heterocycles. The highest BCUT2D eigenvalue weighted by Crippen LogP contribution is 2.14. The lowest BCUT2D eigenvalue weighted by molar-refractivity contribution is -0.111. The van der Waals surface area contributed by atoms with Gasteiger partial charge in [0.15, 0.2) is 0 Å². The van der Waals surface area contributed by atoms with Gasteiger partial charge in [0.1, 0.15) is 0 Å². The summed E-state index contributed by atoms with van der Waals surface area (Å²) in [5.74, 6) is 0. The summed E-state index contributed by atoms with van der Waals surface area (Å²) in [6.07, 6.45) is 1.16. The minimum Gasteiger partial charge on any atom is -0.281 e. The maximum atomic E-state index is 10.1. The van der Waals surface area contributed by atoms with Gasteiger partial charge < -0.3 is 0 Å². The van der Waals surface area contributed by atoms with Crippen LogP contribution in [0.5, 0.6) is 0 Å². The van der Waals surface area contributed by atoms with Gasteiger partial charge >= 0.3 is 0 Å². The van der Waals surface area contributed by atoms with Crippen molar-refractivity contribution in [1.29, 1.82) is 0 Å². The summed E-state index contributed by atoms with van der Waals surface area (Å²) < 4.78 is 0.206. The van der Waals surface area contributed by atoms with Crippen molar-refractivity contribution in [3.63, 3.8) is 0 Å². The van der Waals surface area contributed by atoms with Crippen molar-refractivity contribution < 1.29 is 4.79 Å². The number of alkyl halides is 2. The molecule has 0 N–H and O–H groups in total. The van der Waals surface area contributed by atoms with Crippen LogP contribution in [0.25, 0.3) is 0 Å². The van der Waals surface area contributed by atoms with E-state index in [9.17, 15) is 4.79 Å². The van der Waals surface area contributed by atoms with Crippen molar-refractivity contribution in [1.82, 2.24) is 0 Å². The van der Waals surface area contributed by atoms with Gasteiger partial charge in [0, 0.05) is 6.42 Å². The third kappa shape index (κ3) is 6.92. The highest BCUT2D eigenvalue weighted by Gasteiger charge is 2.00. The molecule has 0 aromatic carbocycles. The van der Waals surface area contributed by atoms with Crippen molar-refractivity contribution in [3.05, 3.63) is 0 Å². The lowest BCUT2D eigenvalue weighted by Gasteiger charge is -1.93. The standard InChI is InChI=1S/C4H5Br2ClO/c5-3(6)1-2-4(7)8/h3H,1-2H2. The molecule has 0 bridgehead atoms. The molecule has 0 unspecified atom stereocenters. The molecule has 48 valence electrons. The van der Waals surface area contributed by atoms with E-state index >= 15 is 0 Å². The van der Waals surface area contributed by atoms with Crippen molar-refractivity contribution in [2.24, 2.45) is 0 Å². The number of carbonyl (C=O) groups excluding carboxylic acids is 1. The summed E-state index contributed by atoms with van der Waals surface area (Å²) in [5.41, 5.74) is 0. The second kappa shape index (κ2) is 4.77. The van der Waals surface area contributed by atoms with Crippen molar-refractivity contribution >= 4 is 48.7 Å². The van der Waals surface area contributed by atoms with Crippen molar-refractivity contribution in [3.8, 4) is 0 Å². The topological polar surface area (TPSA) is 17.1 Å². The number of rotatable bonds is 3. The summed E-state index contributed by atoms with van der Waals surface area (Å²) in [6.45, 7) is 0. The smallest absolute Gasteiger partial charge is 0.221 e. The van der Waals surface area contributed by atoms with E-state index in [1.54, 1.807) is 0 Å². The largest absolute Gasteiger partial charge is 0.281 e. The highest BCUT2D eigenvalue weighted by molar-refractivity contribution is 9.24. The van der Waals surface area contributed by atoms with Crippen molar-refractivity contribution in [2.45, 2.75) is 16.6 Å². The maximum absolute atomic E-state index is 10.1. The Hall–Kier alpha value is 0.920. The van der Waals surface area contributed by atoms with Crippen LogP contribution in [0.1, 0.15) is 12.8 Å². The lowest BCUT2D eigenvalue weighted by Crippen LogP contribution is -1.90. The average molecular weight is 264 g/mol. The molecular formula is C4H5Br2ClO. The lowest BCUT2D eigenvalue weighted by atomic mass is 10.4. The number of hydrogen-bond acceptors (Lipinski definition) is 1. The van der Waals surface area contributed by atoms with E-state index in [1.807, 2.05) is 0 Å². The Bertz CT molecular complexity index is 84.1. The zero-order chi connectivity index (χ0) is 6.57. The van der Waals surface area contributed by atoms with Gasteiger partial charge in [-0.1, -0.05) is 31.9 Å². The molecule has 0 heterocycles. The number of carbonyl (C=O) groups is 1. The van der Waals surface area contributed by atoms with Crippen LogP contribution in [0.3, 0.4) is 0 Å². The molecule has 0 aromatic rings. The first-order valence-corrected chi connectivity index (χ1v) is 4.30. The molecule has 0 amide bonds. The first kappa shape index (κ1) is 8.92. The number of hydrogen-bond donors (Lipinski definition) is 0. The second-order valence-corrected chi connectivity index (χ2v) is 5.15.